The largest absolute Gasteiger partial charge is 0.459 e. The summed E-state index contributed by atoms with van der Waals surface area (Å²) in [5.74, 6) is -1.75. The molecule has 0 radical (unpaired) electrons. The molecule has 4 nitrogen and oxygen atoms in total. The number of ether oxygens (including phenoxy) is 1. The normalized spacial score (nSPS) is 9.47. The fourth-order valence-electron chi connectivity index (χ4n) is 0.933. The SMILES string of the molecule is CCOC(=O)C(=O)Nc1ccccc1Cl. The summed E-state index contributed by atoms with van der Waals surface area (Å²) in [6.45, 7) is 1.79. The number of halogens is 1. The molecular formula is C10H10ClNO3. The predicted octanol–water partition coefficient (Wildman–Crippen LogP) is 1.84. The van der Waals surface area contributed by atoms with Gasteiger partial charge in [0.25, 0.3) is 0 Å². The first-order valence-electron chi connectivity index (χ1n) is 4.37. The second kappa shape index (κ2) is 5.36. The Morgan fingerprint density at radius 2 is 2.07 bits per heavy atom. The molecule has 0 aromatic heterocycles. The maximum atomic E-state index is 11.2. The first kappa shape index (κ1) is 11.5. The second-order valence-electron chi connectivity index (χ2n) is 2.65. The molecule has 1 amide bonds. The molecule has 1 N–H and O–H groups in total. The van der Waals surface area contributed by atoms with Crippen molar-refractivity contribution < 1.29 is 14.3 Å². The smallest absolute Gasteiger partial charge is 0.397 e. The molecule has 1 rings (SSSR count). The van der Waals surface area contributed by atoms with Crippen molar-refractivity contribution in [3.8, 4) is 0 Å². The van der Waals surface area contributed by atoms with Gasteiger partial charge in [-0.25, -0.2) is 4.79 Å². The van der Waals surface area contributed by atoms with Gasteiger partial charge in [-0.2, -0.15) is 0 Å². The molecule has 0 saturated carbocycles. The molecule has 0 bridgehead atoms. The van der Waals surface area contributed by atoms with Crippen LogP contribution < -0.4 is 5.32 Å². The van der Waals surface area contributed by atoms with Gasteiger partial charge in [0.1, 0.15) is 0 Å². The Balaban J connectivity index is 2.67. The topological polar surface area (TPSA) is 55.4 Å². The zero-order valence-corrected chi connectivity index (χ0v) is 8.88. The van der Waals surface area contributed by atoms with E-state index in [9.17, 15) is 9.59 Å². The van der Waals surface area contributed by atoms with Gasteiger partial charge in [-0.05, 0) is 19.1 Å². The highest BCUT2D eigenvalue weighted by Crippen LogP contribution is 2.20. The second-order valence-corrected chi connectivity index (χ2v) is 3.06. The highest BCUT2D eigenvalue weighted by atomic mass is 35.5. The number of rotatable bonds is 2. The molecule has 0 unspecified atom stereocenters. The molecule has 0 heterocycles. The van der Waals surface area contributed by atoms with Crippen molar-refractivity contribution in [3.05, 3.63) is 29.3 Å². The number of carbonyl (C=O) groups is 2. The van der Waals surface area contributed by atoms with E-state index in [1.54, 1.807) is 31.2 Å². The van der Waals surface area contributed by atoms with E-state index in [-0.39, 0.29) is 6.61 Å². The molecule has 0 aliphatic heterocycles. The highest BCUT2D eigenvalue weighted by Gasteiger charge is 2.15. The van der Waals surface area contributed by atoms with Gasteiger partial charge < -0.3 is 10.1 Å². The number of esters is 1. The van der Waals surface area contributed by atoms with E-state index in [0.717, 1.165) is 0 Å². The van der Waals surface area contributed by atoms with Gasteiger partial charge in [0, 0.05) is 0 Å². The quantitative estimate of drug-likeness (QED) is 0.620. The summed E-state index contributed by atoms with van der Waals surface area (Å²) in [6, 6.07) is 6.64. The number of para-hydroxylation sites is 1. The average Bonchev–Trinajstić information content (AvgIpc) is 2.21. The van der Waals surface area contributed by atoms with Gasteiger partial charge in [0.15, 0.2) is 0 Å². The van der Waals surface area contributed by atoms with Gasteiger partial charge in [0.2, 0.25) is 0 Å². The number of amides is 1. The Labute approximate surface area is 92.2 Å². The molecule has 80 valence electrons. The molecule has 5 heteroatoms. The van der Waals surface area contributed by atoms with E-state index >= 15 is 0 Å². The molecule has 0 aliphatic carbocycles. The van der Waals surface area contributed by atoms with Crippen LogP contribution >= 0.6 is 11.6 Å². The van der Waals surface area contributed by atoms with Crippen LogP contribution in [-0.2, 0) is 14.3 Å². The van der Waals surface area contributed by atoms with Crippen molar-refractivity contribution in [2.45, 2.75) is 6.92 Å². The number of nitrogens with one attached hydrogen (secondary N) is 1. The Morgan fingerprint density at radius 3 is 2.67 bits per heavy atom. The summed E-state index contributed by atoms with van der Waals surface area (Å²) in [4.78, 5) is 22.2. The third-order valence-electron chi connectivity index (χ3n) is 1.58. The van der Waals surface area contributed by atoms with Crippen LogP contribution in [0, 0.1) is 0 Å². The molecule has 0 saturated heterocycles. The van der Waals surface area contributed by atoms with Crippen molar-refractivity contribution in [2.75, 3.05) is 11.9 Å². The number of carbonyl (C=O) groups excluding carboxylic acids is 2. The van der Waals surface area contributed by atoms with Gasteiger partial charge in [-0.3, -0.25) is 4.79 Å². The summed E-state index contributed by atoms with van der Waals surface area (Å²) < 4.78 is 4.52. The lowest BCUT2D eigenvalue weighted by molar-refractivity contribution is -0.152. The lowest BCUT2D eigenvalue weighted by Crippen LogP contribution is -2.25. The van der Waals surface area contributed by atoms with Crippen LogP contribution in [0.15, 0.2) is 24.3 Å². The number of benzene rings is 1. The third-order valence-corrected chi connectivity index (χ3v) is 1.91. The van der Waals surface area contributed by atoms with Crippen LogP contribution in [0.5, 0.6) is 0 Å². The molecular weight excluding hydrogens is 218 g/mol. The van der Waals surface area contributed by atoms with Crippen molar-refractivity contribution in [2.24, 2.45) is 0 Å². The van der Waals surface area contributed by atoms with E-state index in [1.807, 2.05) is 0 Å². The molecule has 0 fully saturated rings. The van der Waals surface area contributed by atoms with Crippen molar-refractivity contribution in [1.29, 1.82) is 0 Å². The van der Waals surface area contributed by atoms with E-state index in [1.165, 1.54) is 0 Å². The Morgan fingerprint density at radius 1 is 1.40 bits per heavy atom. The average molecular weight is 228 g/mol. The maximum Gasteiger partial charge on any atom is 0.397 e. The Hall–Kier alpha value is -1.55. The lowest BCUT2D eigenvalue weighted by Gasteiger charge is -2.05. The van der Waals surface area contributed by atoms with E-state index in [4.69, 9.17) is 11.6 Å². The van der Waals surface area contributed by atoms with Gasteiger partial charge in [-0.1, -0.05) is 23.7 Å². The number of hydrogen-bond acceptors (Lipinski definition) is 3. The van der Waals surface area contributed by atoms with Crippen LogP contribution in [0.4, 0.5) is 5.69 Å². The number of anilines is 1. The molecule has 0 aliphatic rings. The minimum absolute atomic E-state index is 0.161. The standard InChI is InChI=1S/C10H10ClNO3/c1-2-15-10(14)9(13)12-8-6-4-3-5-7(8)11/h3-6H,2H2,1H3,(H,12,13). The molecule has 0 atom stereocenters. The van der Waals surface area contributed by atoms with Gasteiger partial charge >= 0.3 is 11.9 Å². The lowest BCUT2D eigenvalue weighted by atomic mass is 10.3. The predicted molar refractivity (Wildman–Crippen MR) is 56.7 cm³/mol. The Bertz CT molecular complexity index is 379. The minimum atomic E-state index is -0.919. The van der Waals surface area contributed by atoms with Crippen LogP contribution in [-0.4, -0.2) is 18.5 Å². The van der Waals surface area contributed by atoms with E-state index in [2.05, 4.69) is 10.1 Å². The number of hydrogen-bond donors (Lipinski definition) is 1. The first-order valence-corrected chi connectivity index (χ1v) is 4.75. The first-order chi connectivity index (χ1) is 7.15. The zero-order valence-electron chi connectivity index (χ0n) is 8.12. The summed E-state index contributed by atoms with van der Waals surface area (Å²) in [5, 5.41) is 2.72. The van der Waals surface area contributed by atoms with Crippen LogP contribution in [0.2, 0.25) is 5.02 Å². The minimum Gasteiger partial charge on any atom is -0.459 e. The Kier molecular flexibility index (Phi) is 4.12. The van der Waals surface area contributed by atoms with Crippen molar-refractivity contribution >= 4 is 29.2 Å². The van der Waals surface area contributed by atoms with Crippen LogP contribution in [0.25, 0.3) is 0 Å². The van der Waals surface area contributed by atoms with Crippen LogP contribution in [0.1, 0.15) is 6.92 Å². The summed E-state index contributed by atoms with van der Waals surface area (Å²) in [5.41, 5.74) is 0.386. The zero-order chi connectivity index (χ0) is 11.3. The molecule has 0 spiro atoms. The van der Waals surface area contributed by atoms with Crippen molar-refractivity contribution in [3.63, 3.8) is 0 Å². The summed E-state index contributed by atoms with van der Waals surface area (Å²) in [6.07, 6.45) is 0. The monoisotopic (exact) mass is 227 g/mol. The van der Waals surface area contributed by atoms with Crippen LogP contribution in [0.3, 0.4) is 0 Å². The van der Waals surface area contributed by atoms with E-state index in [0.29, 0.717) is 10.7 Å². The highest BCUT2D eigenvalue weighted by molar-refractivity contribution is 6.39. The molecule has 1 aromatic rings. The molecule has 15 heavy (non-hydrogen) atoms. The van der Waals surface area contributed by atoms with E-state index < -0.39 is 11.9 Å². The van der Waals surface area contributed by atoms with Gasteiger partial charge in [-0.15, -0.1) is 0 Å². The fourth-order valence-corrected chi connectivity index (χ4v) is 1.12. The fraction of sp³-hybridized carbons (Fsp3) is 0.200. The maximum absolute atomic E-state index is 11.2. The summed E-state index contributed by atoms with van der Waals surface area (Å²) >= 11 is 5.78. The molecule has 1 aromatic carbocycles. The van der Waals surface area contributed by atoms with Crippen molar-refractivity contribution in [1.82, 2.24) is 0 Å². The third kappa shape index (κ3) is 3.25. The summed E-state index contributed by atoms with van der Waals surface area (Å²) in [7, 11) is 0. The van der Waals surface area contributed by atoms with Gasteiger partial charge in [0.05, 0.1) is 17.3 Å².